The minimum atomic E-state index is -0.360. The summed E-state index contributed by atoms with van der Waals surface area (Å²) in [6.45, 7) is 0. The van der Waals surface area contributed by atoms with Gasteiger partial charge >= 0.3 is 0 Å². The van der Waals surface area contributed by atoms with Gasteiger partial charge < -0.3 is 10.1 Å². The number of nitrogens with one attached hydrogen (secondary N) is 1. The van der Waals surface area contributed by atoms with E-state index in [0.717, 1.165) is 0 Å². The van der Waals surface area contributed by atoms with Crippen LogP contribution in [0.4, 0.5) is 10.3 Å². The van der Waals surface area contributed by atoms with E-state index in [1.807, 2.05) is 0 Å². The highest BCUT2D eigenvalue weighted by molar-refractivity contribution is 9.10. The molecule has 0 saturated heterocycles. The second-order valence-electron chi connectivity index (χ2n) is 3.16. The van der Waals surface area contributed by atoms with Gasteiger partial charge in [-0.2, -0.15) is 4.98 Å². The fraction of sp³-hybridized carbons (Fsp3) is 0.0909. The Hall–Kier alpha value is -1.69. The van der Waals surface area contributed by atoms with Gasteiger partial charge in [0.15, 0.2) is 0 Å². The molecule has 0 saturated carbocycles. The smallest absolute Gasteiger partial charge is 0.238 e. The van der Waals surface area contributed by atoms with Crippen molar-refractivity contribution in [2.24, 2.45) is 0 Å². The Morgan fingerprint density at radius 1 is 1.41 bits per heavy atom. The summed E-state index contributed by atoms with van der Waals surface area (Å²) < 4.78 is 19.0. The van der Waals surface area contributed by atoms with E-state index in [2.05, 4.69) is 31.2 Å². The number of aromatic nitrogens is 2. The van der Waals surface area contributed by atoms with E-state index in [0.29, 0.717) is 22.1 Å². The van der Waals surface area contributed by atoms with Crippen molar-refractivity contribution >= 4 is 21.9 Å². The zero-order chi connectivity index (χ0) is 12.3. The molecule has 0 aliphatic rings. The molecular weight excluding hydrogens is 289 g/mol. The summed E-state index contributed by atoms with van der Waals surface area (Å²) in [5, 5.41) is 2.79. The number of ether oxygens (including phenoxy) is 1. The lowest BCUT2D eigenvalue weighted by atomic mass is 10.3. The number of anilines is 1. The molecule has 2 rings (SSSR count). The van der Waals surface area contributed by atoms with E-state index >= 15 is 0 Å². The van der Waals surface area contributed by atoms with Crippen LogP contribution in [0.5, 0.6) is 11.6 Å². The van der Waals surface area contributed by atoms with Gasteiger partial charge in [-0.1, -0.05) is 6.07 Å². The highest BCUT2D eigenvalue weighted by Gasteiger charge is 2.07. The van der Waals surface area contributed by atoms with E-state index in [1.165, 1.54) is 12.1 Å². The van der Waals surface area contributed by atoms with Crippen molar-refractivity contribution in [3.8, 4) is 11.6 Å². The van der Waals surface area contributed by atoms with Crippen LogP contribution >= 0.6 is 15.9 Å². The molecule has 4 nitrogen and oxygen atoms in total. The molecule has 1 aromatic heterocycles. The van der Waals surface area contributed by atoms with Crippen molar-refractivity contribution in [2.45, 2.75) is 0 Å². The molecule has 0 bridgehead atoms. The van der Waals surface area contributed by atoms with Crippen LogP contribution in [0.3, 0.4) is 0 Å². The predicted octanol–water partition coefficient (Wildman–Crippen LogP) is 3.21. The summed E-state index contributed by atoms with van der Waals surface area (Å²) in [7, 11) is 1.70. The van der Waals surface area contributed by atoms with Crippen LogP contribution in [-0.4, -0.2) is 17.0 Å². The molecule has 6 heteroatoms. The van der Waals surface area contributed by atoms with Crippen molar-refractivity contribution in [1.82, 2.24) is 9.97 Å². The monoisotopic (exact) mass is 297 g/mol. The standard InChI is InChI=1S/C11H9BrFN3O/c1-14-11-15-6-9(12)10(16-11)17-8-4-2-3-7(13)5-8/h2-6H,1H3,(H,14,15,16). The maximum atomic E-state index is 13.0. The van der Waals surface area contributed by atoms with Gasteiger partial charge in [0.1, 0.15) is 11.6 Å². The van der Waals surface area contributed by atoms with Crippen molar-refractivity contribution in [3.05, 3.63) is 40.8 Å². The van der Waals surface area contributed by atoms with Crippen LogP contribution in [0.25, 0.3) is 0 Å². The summed E-state index contributed by atoms with van der Waals surface area (Å²) in [4.78, 5) is 8.10. The number of rotatable bonds is 3. The van der Waals surface area contributed by atoms with E-state index in [1.54, 1.807) is 25.4 Å². The molecule has 1 heterocycles. The zero-order valence-corrected chi connectivity index (χ0v) is 10.5. The fourth-order valence-corrected chi connectivity index (χ4v) is 1.46. The molecule has 0 aliphatic heterocycles. The third kappa shape index (κ3) is 2.91. The van der Waals surface area contributed by atoms with Gasteiger partial charge in [-0.3, -0.25) is 0 Å². The van der Waals surface area contributed by atoms with Gasteiger partial charge in [0.2, 0.25) is 11.8 Å². The first-order valence-corrected chi connectivity index (χ1v) is 5.62. The largest absolute Gasteiger partial charge is 0.438 e. The molecule has 1 aromatic carbocycles. The number of benzene rings is 1. The number of halogens is 2. The molecule has 0 aliphatic carbocycles. The van der Waals surface area contributed by atoms with Crippen LogP contribution in [0.1, 0.15) is 0 Å². The second-order valence-corrected chi connectivity index (χ2v) is 4.01. The molecule has 0 amide bonds. The maximum absolute atomic E-state index is 13.0. The molecule has 0 fully saturated rings. The van der Waals surface area contributed by atoms with Crippen molar-refractivity contribution < 1.29 is 9.13 Å². The Bertz CT molecular complexity index is 536. The number of nitrogens with zero attached hydrogens (tertiary/aromatic N) is 2. The first-order chi connectivity index (χ1) is 8.19. The highest BCUT2D eigenvalue weighted by Crippen LogP contribution is 2.27. The van der Waals surface area contributed by atoms with E-state index < -0.39 is 0 Å². The SMILES string of the molecule is CNc1ncc(Br)c(Oc2cccc(F)c2)n1. The predicted molar refractivity (Wildman–Crippen MR) is 65.8 cm³/mol. The minimum Gasteiger partial charge on any atom is -0.438 e. The molecule has 0 unspecified atom stereocenters. The molecule has 17 heavy (non-hydrogen) atoms. The Morgan fingerprint density at radius 3 is 2.94 bits per heavy atom. The lowest BCUT2D eigenvalue weighted by Gasteiger charge is -2.07. The fourth-order valence-electron chi connectivity index (χ4n) is 1.19. The topological polar surface area (TPSA) is 47.0 Å². The van der Waals surface area contributed by atoms with Gasteiger partial charge in [0, 0.05) is 13.1 Å². The van der Waals surface area contributed by atoms with E-state index in [4.69, 9.17) is 4.74 Å². The molecule has 0 radical (unpaired) electrons. The quantitative estimate of drug-likeness (QED) is 0.945. The van der Waals surface area contributed by atoms with Crippen LogP contribution in [0.2, 0.25) is 0 Å². The lowest BCUT2D eigenvalue weighted by Crippen LogP contribution is -1.98. The number of hydrogen-bond acceptors (Lipinski definition) is 4. The van der Waals surface area contributed by atoms with Crippen molar-refractivity contribution in [2.75, 3.05) is 12.4 Å². The van der Waals surface area contributed by atoms with Gasteiger partial charge in [-0.15, -0.1) is 0 Å². The summed E-state index contributed by atoms with van der Waals surface area (Å²) in [5.74, 6) is 0.780. The Kier molecular flexibility index (Phi) is 3.53. The van der Waals surface area contributed by atoms with Gasteiger partial charge in [0.25, 0.3) is 0 Å². The molecule has 2 aromatic rings. The third-order valence-corrected chi connectivity index (χ3v) is 2.49. The second kappa shape index (κ2) is 5.09. The summed E-state index contributed by atoms with van der Waals surface area (Å²) in [6, 6.07) is 5.85. The van der Waals surface area contributed by atoms with Crippen LogP contribution in [0.15, 0.2) is 34.9 Å². The minimum absolute atomic E-state index is 0.329. The number of hydrogen-bond donors (Lipinski definition) is 1. The van der Waals surface area contributed by atoms with E-state index in [9.17, 15) is 4.39 Å². The van der Waals surface area contributed by atoms with Crippen LogP contribution < -0.4 is 10.1 Å². The summed E-state index contributed by atoms with van der Waals surface area (Å²) >= 11 is 3.26. The van der Waals surface area contributed by atoms with Crippen LogP contribution in [0, 0.1) is 5.82 Å². The Labute approximate surface area is 106 Å². The van der Waals surface area contributed by atoms with Crippen molar-refractivity contribution in [3.63, 3.8) is 0 Å². The Morgan fingerprint density at radius 2 is 2.24 bits per heavy atom. The van der Waals surface area contributed by atoms with Gasteiger partial charge in [-0.25, -0.2) is 9.37 Å². The maximum Gasteiger partial charge on any atom is 0.238 e. The summed E-state index contributed by atoms with van der Waals surface area (Å²) in [5.41, 5.74) is 0. The molecule has 0 atom stereocenters. The summed E-state index contributed by atoms with van der Waals surface area (Å²) in [6.07, 6.45) is 1.56. The normalized spacial score (nSPS) is 10.1. The highest BCUT2D eigenvalue weighted by atomic mass is 79.9. The first kappa shape index (κ1) is 11.8. The first-order valence-electron chi connectivity index (χ1n) is 4.83. The van der Waals surface area contributed by atoms with Crippen molar-refractivity contribution in [1.29, 1.82) is 0 Å². The van der Waals surface area contributed by atoms with Gasteiger partial charge in [0.05, 0.1) is 10.7 Å². The molecular formula is C11H9BrFN3O. The average Bonchev–Trinajstić information content (AvgIpc) is 2.32. The Balaban J connectivity index is 2.29. The molecule has 88 valence electrons. The van der Waals surface area contributed by atoms with Crippen LogP contribution in [-0.2, 0) is 0 Å². The van der Waals surface area contributed by atoms with Gasteiger partial charge in [-0.05, 0) is 28.1 Å². The zero-order valence-electron chi connectivity index (χ0n) is 8.95. The average molecular weight is 298 g/mol. The lowest BCUT2D eigenvalue weighted by molar-refractivity contribution is 0.454. The molecule has 0 spiro atoms. The molecule has 1 N–H and O–H groups in total. The third-order valence-electron chi connectivity index (χ3n) is 1.95. The van der Waals surface area contributed by atoms with E-state index in [-0.39, 0.29) is 5.82 Å².